The number of halogens is 2. The highest BCUT2D eigenvalue weighted by atomic mass is 35.5. The fourth-order valence-electron chi connectivity index (χ4n) is 3.25. The van der Waals surface area contributed by atoms with Gasteiger partial charge in [-0.3, -0.25) is 4.79 Å². The minimum absolute atomic E-state index is 0.0178. The Labute approximate surface area is 189 Å². The summed E-state index contributed by atoms with van der Waals surface area (Å²) in [6, 6.07) is 14.3. The van der Waals surface area contributed by atoms with Crippen LogP contribution in [0.15, 0.2) is 54.9 Å². The average Bonchev–Trinajstić information content (AvgIpc) is 3.20. The number of likely N-dealkylation sites (N-methyl/N-ethyl adjacent to an activating group) is 1. The van der Waals surface area contributed by atoms with Crippen molar-refractivity contribution < 1.29 is 9.18 Å². The van der Waals surface area contributed by atoms with Crippen LogP contribution < -0.4 is 10.6 Å². The van der Waals surface area contributed by atoms with Crippen LogP contribution in [0.25, 0.3) is 22.3 Å². The highest BCUT2D eigenvalue weighted by Gasteiger charge is 2.11. The van der Waals surface area contributed by atoms with E-state index in [0.717, 1.165) is 22.2 Å². The summed E-state index contributed by atoms with van der Waals surface area (Å²) >= 11 is 5.88. The maximum Gasteiger partial charge on any atom is 0.234 e. The van der Waals surface area contributed by atoms with E-state index in [1.807, 2.05) is 49.3 Å². The van der Waals surface area contributed by atoms with Gasteiger partial charge in [-0.25, -0.2) is 14.4 Å². The predicted molar refractivity (Wildman–Crippen MR) is 124 cm³/mol. The summed E-state index contributed by atoms with van der Waals surface area (Å²) in [4.78, 5) is 25.6. The maximum atomic E-state index is 13.4. The molecule has 2 aromatic heterocycles. The van der Waals surface area contributed by atoms with Crippen LogP contribution in [0.3, 0.4) is 0 Å². The van der Waals surface area contributed by atoms with Crippen LogP contribution in [0.2, 0.25) is 5.02 Å². The first kappa shape index (κ1) is 21.7. The van der Waals surface area contributed by atoms with Crippen molar-refractivity contribution in [2.45, 2.75) is 6.54 Å². The zero-order valence-electron chi connectivity index (χ0n) is 17.6. The molecule has 0 aliphatic carbocycles. The van der Waals surface area contributed by atoms with E-state index in [0.29, 0.717) is 30.2 Å². The van der Waals surface area contributed by atoms with Crippen molar-refractivity contribution in [3.8, 4) is 11.3 Å². The zero-order valence-corrected chi connectivity index (χ0v) is 18.4. The largest absolute Gasteiger partial charge is 0.351 e. The average molecular weight is 453 g/mol. The molecule has 9 heteroatoms. The monoisotopic (exact) mass is 452 g/mol. The number of aromatic nitrogens is 3. The standard InChI is InChI=1S/C23H22ClFN6O/c1-31(2)12-21(32)26-11-14-3-5-15(6-4-14)20-10-17-22(27-13-28-23(17)30-20)29-16-7-8-19(25)18(24)9-16/h3-10,13H,11-12H2,1-2H3,(H,26,32)(H2,27,28,29,30). The molecule has 0 bridgehead atoms. The molecule has 1 amide bonds. The third kappa shape index (κ3) is 5.04. The van der Waals surface area contributed by atoms with E-state index in [2.05, 4.69) is 25.6 Å². The molecule has 4 rings (SSSR count). The Kier molecular flexibility index (Phi) is 6.34. The van der Waals surface area contributed by atoms with Gasteiger partial charge in [-0.1, -0.05) is 35.9 Å². The summed E-state index contributed by atoms with van der Waals surface area (Å²) in [5.74, 6) is 0.0887. The van der Waals surface area contributed by atoms with Gasteiger partial charge in [-0.15, -0.1) is 0 Å². The summed E-state index contributed by atoms with van der Waals surface area (Å²) < 4.78 is 13.4. The second-order valence-corrected chi connectivity index (χ2v) is 8.04. The normalized spacial score (nSPS) is 11.2. The molecule has 2 aromatic carbocycles. The number of H-pyrrole nitrogens is 1. The Morgan fingerprint density at radius 3 is 2.62 bits per heavy atom. The smallest absolute Gasteiger partial charge is 0.234 e. The molecule has 0 saturated carbocycles. The van der Waals surface area contributed by atoms with Crippen LogP contribution in [0.1, 0.15) is 5.56 Å². The highest BCUT2D eigenvalue weighted by Crippen LogP contribution is 2.29. The Morgan fingerprint density at radius 1 is 1.12 bits per heavy atom. The SMILES string of the molecule is CN(C)CC(=O)NCc1ccc(-c2cc3c(Nc4ccc(F)c(Cl)c4)ncnc3[nH]2)cc1. The number of aromatic amines is 1. The summed E-state index contributed by atoms with van der Waals surface area (Å²) in [6.45, 7) is 0.827. The molecule has 0 aliphatic heterocycles. The third-order valence-corrected chi connectivity index (χ3v) is 5.11. The van der Waals surface area contributed by atoms with Gasteiger partial charge in [0.2, 0.25) is 5.91 Å². The Balaban J connectivity index is 1.52. The van der Waals surface area contributed by atoms with Crippen LogP contribution >= 0.6 is 11.6 Å². The number of nitrogens with one attached hydrogen (secondary N) is 3. The molecule has 0 aliphatic rings. The van der Waals surface area contributed by atoms with Crippen molar-refractivity contribution in [3.63, 3.8) is 0 Å². The summed E-state index contributed by atoms with van der Waals surface area (Å²) in [5, 5.41) is 6.89. The van der Waals surface area contributed by atoms with E-state index in [9.17, 15) is 9.18 Å². The van der Waals surface area contributed by atoms with Gasteiger partial charge in [-0.05, 0) is 49.5 Å². The molecular formula is C23H22ClFN6O. The quantitative estimate of drug-likeness (QED) is 0.388. The Hall–Kier alpha value is -3.49. The van der Waals surface area contributed by atoms with Gasteiger partial charge in [0.1, 0.15) is 23.6 Å². The van der Waals surface area contributed by atoms with Crippen molar-refractivity contribution in [3.05, 3.63) is 71.3 Å². The molecule has 3 N–H and O–H groups in total. The molecule has 4 aromatic rings. The third-order valence-electron chi connectivity index (χ3n) is 4.82. The number of carbonyl (C=O) groups excluding carboxylic acids is 1. The van der Waals surface area contributed by atoms with Gasteiger partial charge >= 0.3 is 0 Å². The van der Waals surface area contributed by atoms with E-state index in [4.69, 9.17) is 11.6 Å². The predicted octanol–water partition coefficient (Wildman–Crippen LogP) is 4.34. The minimum Gasteiger partial charge on any atom is -0.351 e. The lowest BCUT2D eigenvalue weighted by Gasteiger charge is -2.10. The molecule has 32 heavy (non-hydrogen) atoms. The van der Waals surface area contributed by atoms with Gasteiger partial charge in [0.05, 0.1) is 17.0 Å². The zero-order chi connectivity index (χ0) is 22.7. The van der Waals surface area contributed by atoms with E-state index >= 15 is 0 Å². The summed E-state index contributed by atoms with van der Waals surface area (Å²) in [5.41, 5.74) is 4.16. The number of anilines is 2. The summed E-state index contributed by atoms with van der Waals surface area (Å²) in [6.07, 6.45) is 1.45. The van der Waals surface area contributed by atoms with Crippen molar-refractivity contribution >= 4 is 40.0 Å². The number of hydrogen-bond acceptors (Lipinski definition) is 5. The summed E-state index contributed by atoms with van der Waals surface area (Å²) in [7, 11) is 3.71. The number of rotatable bonds is 7. The van der Waals surface area contributed by atoms with Crippen molar-refractivity contribution in [1.29, 1.82) is 0 Å². The number of fused-ring (bicyclic) bond motifs is 1. The topological polar surface area (TPSA) is 85.9 Å². The number of carbonyl (C=O) groups is 1. The van der Waals surface area contributed by atoms with Crippen LogP contribution in [-0.4, -0.2) is 46.4 Å². The first-order valence-electron chi connectivity index (χ1n) is 9.95. The second-order valence-electron chi connectivity index (χ2n) is 7.63. The van der Waals surface area contributed by atoms with E-state index in [1.54, 1.807) is 6.07 Å². The van der Waals surface area contributed by atoms with Crippen LogP contribution in [0.5, 0.6) is 0 Å². The van der Waals surface area contributed by atoms with E-state index in [-0.39, 0.29) is 10.9 Å². The van der Waals surface area contributed by atoms with Crippen LogP contribution in [0, 0.1) is 5.82 Å². The van der Waals surface area contributed by atoms with E-state index in [1.165, 1.54) is 18.5 Å². The second kappa shape index (κ2) is 9.33. The van der Waals surface area contributed by atoms with Gasteiger partial charge in [-0.2, -0.15) is 0 Å². The maximum absolute atomic E-state index is 13.4. The van der Waals surface area contributed by atoms with Crippen molar-refractivity contribution in [2.24, 2.45) is 0 Å². The number of amides is 1. The fourth-order valence-corrected chi connectivity index (χ4v) is 3.43. The molecule has 164 valence electrons. The molecule has 0 atom stereocenters. The molecule has 0 unspecified atom stereocenters. The number of benzene rings is 2. The fraction of sp³-hybridized carbons (Fsp3) is 0.174. The van der Waals surface area contributed by atoms with Gasteiger partial charge in [0.15, 0.2) is 0 Å². The van der Waals surface area contributed by atoms with Gasteiger partial charge in [0.25, 0.3) is 0 Å². The molecule has 0 spiro atoms. The van der Waals surface area contributed by atoms with Crippen LogP contribution in [0.4, 0.5) is 15.9 Å². The molecular weight excluding hydrogens is 431 g/mol. The van der Waals surface area contributed by atoms with Gasteiger partial charge < -0.3 is 20.5 Å². The number of hydrogen-bond donors (Lipinski definition) is 3. The Morgan fingerprint density at radius 2 is 1.91 bits per heavy atom. The molecule has 2 heterocycles. The van der Waals surface area contributed by atoms with Crippen molar-refractivity contribution in [1.82, 2.24) is 25.2 Å². The molecule has 0 saturated heterocycles. The Bertz CT molecular complexity index is 1260. The lowest BCUT2D eigenvalue weighted by atomic mass is 10.1. The first-order valence-corrected chi connectivity index (χ1v) is 10.3. The molecule has 0 radical (unpaired) electrons. The minimum atomic E-state index is -0.477. The lowest BCUT2D eigenvalue weighted by Crippen LogP contribution is -2.32. The molecule has 7 nitrogen and oxygen atoms in total. The number of nitrogens with zero attached hydrogens (tertiary/aromatic N) is 3. The molecule has 0 fully saturated rings. The van der Waals surface area contributed by atoms with Gasteiger partial charge in [0, 0.05) is 17.9 Å². The lowest BCUT2D eigenvalue weighted by molar-refractivity contribution is -0.121. The van der Waals surface area contributed by atoms with E-state index < -0.39 is 5.82 Å². The highest BCUT2D eigenvalue weighted by molar-refractivity contribution is 6.31. The van der Waals surface area contributed by atoms with Crippen LogP contribution in [-0.2, 0) is 11.3 Å². The first-order chi connectivity index (χ1) is 15.4. The van der Waals surface area contributed by atoms with Crippen molar-refractivity contribution in [2.75, 3.05) is 26.0 Å².